The Morgan fingerprint density at radius 1 is 1.23 bits per heavy atom. The van der Waals surface area contributed by atoms with Crippen molar-refractivity contribution in [2.24, 2.45) is 0 Å². The first kappa shape index (κ1) is 13.6. The molecule has 6 nitrogen and oxygen atoms in total. The van der Waals surface area contributed by atoms with E-state index in [2.05, 4.69) is 0 Å². The maximum Gasteiger partial charge on any atom is 0.442 e. The molecule has 22 heavy (non-hydrogen) atoms. The molecule has 0 unspecified atom stereocenters. The zero-order valence-corrected chi connectivity index (χ0v) is 11.6. The lowest BCUT2D eigenvalue weighted by molar-refractivity contribution is -0.400. The van der Waals surface area contributed by atoms with Crippen LogP contribution in [0, 0.1) is 21.4 Å². The fourth-order valence-electron chi connectivity index (χ4n) is 2.42. The molecule has 1 aromatic heterocycles. The van der Waals surface area contributed by atoms with Gasteiger partial charge in [0.05, 0.1) is 18.1 Å². The number of methoxy groups -OCH3 is 1. The van der Waals surface area contributed by atoms with Gasteiger partial charge in [-0.15, -0.1) is 0 Å². The molecule has 0 aliphatic heterocycles. The Bertz CT molecular complexity index is 907. The van der Waals surface area contributed by atoms with Crippen molar-refractivity contribution in [3.05, 3.63) is 58.1 Å². The highest BCUT2D eigenvalue weighted by Gasteiger charge is 2.29. The summed E-state index contributed by atoms with van der Waals surface area (Å²) in [7, 11) is 1.47. The molecule has 0 aliphatic carbocycles. The van der Waals surface area contributed by atoms with E-state index in [0.717, 1.165) is 0 Å². The molecular weight excluding hydrogens is 284 g/mol. The van der Waals surface area contributed by atoms with E-state index in [4.69, 9.17) is 9.15 Å². The minimum atomic E-state index is -0.594. The van der Waals surface area contributed by atoms with Gasteiger partial charge in [0.25, 0.3) is 0 Å². The number of benzene rings is 2. The largest absolute Gasteiger partial charge is 0.496 e. The highest BCUT2D eigenvalue weighted by molar-refractivity contribution is 6.04. The highest BCUT2D eigenvalue weighted by Crippen LogP contribution is 2.44. The third-order valence-corrected chi connectivity index (χ3v) is 3.35. The van der Waals surface area contributed by atoms with Crippen LogP contribution in [0.2, 0.25) is 0 Å². The molecule has 0 amide bonds. The number of nitrogens with zero attached hydrogens (tertiary/aromatic N) is 2. The lowest BCUT2D eigenvalue weighted by Gasteiger charge is -2.04. The smallest absolute Gasteiger partial charge is 0.442 e. The second-order valence-electron chi connectivity index (χ2n) is 4.54. The van der Waals surface area contributed by atoms with Crippen molar-refractivity contribution in [3.63, 3.8) is 0 Å². The van der Waals surface area contributed by atoms with Gasteiger partial charge in [-0.2, -0.15) is 5.26 Å². The molecule has 0 aliphatic rings. The summed E-state index contributed by atoms with van der Waals surface area (Å²) in [6.07, 6.45) is 0. The lowest BCUT2D eigenvalue weighted by Crippen LogP contribution is -1.89. The lowest BCUT2D eigenvalue weighted by atomic mass is 10.0. The standard InChI is InChI=1S/C16H10N2O4/c1-21-12-8-7-11(9-17)15-14(12)13(16(22-15)18(19)20)10-5-3-2-4-6-10/h2-8H,1H3. The summed E-state index contributed by atoms with van der Waals surface area (Å²) in [6.45, 7) is 0. The van der Waals surface area contributed by atoms with Crippen LogP contribution >= 0.6 is 0 Å². The summed E-state index contributed by atoms with van der Waals surface area (Å²) < 4.78 is 10.7. The number of hydrogen-bond donors (Lipinski definition) is 0. The number of ether oxygens (including phenoxy) is 1. The van der Waals surface area contributed by atoms with Crippen LogP contribution in [0.1, 0.15) is 5.56 Å². The second kappa shape index (κ2) is 5.22. The number of hydrogen-bond acceptors (Lipinski definition) is 5. The van der Waals surface area contributed by atoms with E-state index >= 15 is 0 Å². The third-order valence-electron chi connectivity index (χ3n) is 3.35. The Balaban J connectivity index is 2.50. The zero-order valence-electron chi connectivity index (χ0n) is 11.6. The first-order chi connectivity index (χ1) is 10.7. The van der Waals surface area contributed by atoms with Crippen LogP contribution in [0.15, 0.2) is 46.9 Å². The normalized spacial score (nSPS) is 10.4. The van der Waals surface area contributed by atoms with Crippen LogP contribution in [-0.2, 0) is 0 Å². The molecule has 0 saturated carbocycles. The number of nitro groups is 1. The van der Waals surface area contributed by atoms with E-state index < -0.39 is 10.8 Å². The predicted octanol–water partition coefficient (Wildman–Crippen LogP) is 3.89. The number of rotatable bonds is 3. The molecule has 0 atom stereocenters. The van der Waals surface area contributed by atoms with Crippen molar-refractivity contribution < 1.29 is 14.1 Å². The Labute approximate surface area is 125 Å². The highest BCUT2D eigenvalue weighted by atomic mass is 16.6. The summed E-state index contributed by atoms with van der Waals surface area (Å²) in [5.74, 6) is 0.0203. The quantitative estimate of drug-likeness (QED) is 0.540. The monoisotopic (exact) mass is 294 g/mol. The van der Waals surface area contributed by atoms with Gasteiger partial charge in [0, 0.05) is 0 Å². The van der Waals surface area contributed by atoms with E-state index in [1.54, 1.807) is 30.3 Å². The third kappa shape index (κ3) is 1.96. The van der Waals surface area contributed by atoms with Gasteiger partial charge in [-0.05, 0) is 17.7 Å². The van der Waals surface area contributed by atoms with Crippen molar-refractivity contribution in [3.8, 4) is 22.9 Å². The average Bonchev–Trinajstić information content (AvgIpc) is 2.95. The molecule has 0 N–H and O–H groups in total. The van der Waals surface area contributed by atoms with Crippen LogP contribution in [0.4, 0.5) is 5.88 Å². The summed E-state index contributed by atoms with van der Waals surface area (Å²) >= 11 is 0. The van der Waals surface area contributed by atoms with Gasteiger partial charge < -0.3 is 9.15 Å². The first-order valence-electron chi connectivity index (χ1n) is 6.40. The van der Waals surface area contributed by atoms with E-state index in [1.807, 2.05) is 12.1 Å². The molecule has 1 heterocycles. The van der Waals surface area contributed by atoms with Gasteiger partial charge in [0.15, 0.2) is 5.58 Å². The molecule has 3 rings (SSSR count). The van der Waals surface area contributed by atoms with E-state index in [-0.39, 0.29) is 11.1 Å². The van der Waals surface area contributed by atoms with Gasteiger partial charge in [-0.3, -0.25) is 10.1 Å². The fourth-order valence-corrected chi connectivity index (χ4v) is 2.42. The average molecular weight is 294 g/mol. The fraction of sp³-hybridized carbons (Fsp3) is 0.0625. The van der Waals surface area contributed by atoms with Gasteiger partial charge in [0.2, 0.25) is 0 Å². The Morgan fingerprint density at radius 2 is 1.95 bits per heavy atom. The molecule has 0 saturated heterocycles. The van der Waals surface area contributed by atoms with Gasteiger partial charge >= 0.3 is 5.88 Å². The van der Waals surface area contributed by atoms with Crippen LogP contribution in [-0.4, -0.2) is 12.0 Å². The molecule has 6 heteroatoms. The zero-order chi connectivity index (χ0) is 15.7. The summed E-state index contributed by atoms with van der Waals surface area (Å²) in [5.41, 5.74) is 1.32. The van der Waals surface area contributed by atoms with Gasteiger partial charge in [-0.25, -0.2) is 0 Å². The number of furan rings is 1. The molecule has 0 bridgehead atoms. The van der Waals surface area contributed by atoms with Crippen LogP contribution in [0.25, 0.3) is 22.1 Å². The summed E-state index contributed by atoms with van der Waals surface area (Å²) in [5, 5.41) is 21.0. The number of nitriles is 1. The van der Waals surface area contributed by atoms with Crippen molar-refractivity contribution in [2.75, 3.05) is 7.11 Å². The summed E-state index contributed by atoms with van der Waals surface area (Å²) in [6, 6.07) is 14.0. The first-order valence-corrected chi connectivity index (χ1v) is 6.40. The molecule has 0 radical (unpaired) electrons. The second-order valence-corrected chi connectivity index (χ2v) is 4.54. The van der Waals surface area contributed by atoms with E-state index in [1.165, 1.54) is 13.2 Å². The topological polar surface area (TPSA) is 89.3 Å². The molecular formula is C16H10N2O4. The number of fused-ring (bicyclic) bond motifs is 1. The minimum absolute atomic E-state index is 0.160. The van der Waals surface area contributed by atoms with Crippen molar-refractivity contribution in [1.82, 2.24) is 0 Å². The van der Waals surface area contributed by atoms with Crippen molar-refractivity contribution in [2.45, 2.75) is 0 Å². The Morgan fingerprint density at radius 3 is 2.55 bits per heavy atom. The van der Waals surface area contributed by atoms with Gasteiger partial charge in [-0.1, -0.05) is 30.3 Å². The molecule has 108 valence electrons. The molecule has 0 spiro atoms. The maximum absolute atomic E-state index is 11.4. The van der Waals surface area contributed by atoms with Crippen molar-refractivity contribution in [1.29, 1.82) is 5.26 Å². The molecule has 0 fully saturated rings. The van der Waals surface area contributed by atoms with Crippen LogP contribution in [0.5, 0.6) is 5.75 Å². The van der Waals surface area contributed by atoms with Crippen LogP contribution < -0.4 is 4.74 Å². The van der Waals surface area contributed by atoms with E-state index in [0.29, 0.717) is 22.3 Å². The molecule has 3 aromatic rings. The molecule has 2 aromatic carbocycles. The predicted molar refractivity (Wildman–Crippen MR) is 79.6 cm³/mol. The Hall–Kier alpha value is -3.33. The minimum Gasteiger partial charge on any atom is -0.496 e. The van der Waals surface area contributed by atoms with Crippen molar-refractivity contribution >= 4 is 16.9 Å². The van der Waals surface area contributed by atoms with E-state index in [9.17, 15) is 15.4 Å². The van der Waals surface area contributed by atoms with Crippen LogP contribution in [0.3, 0.4) is 0 Å². The Kier molecular flexibility index (Phi) is 3.24. The van der Waals surface area contributed by atoms with Gasteiger partial charge in [0.1, 0.15) is 22.3 Å². The summed E-state index contributed by atoms with van der Waals surface area (Å²) in [4.78, 5) is 10.8. The SMILES string of the molecule is COc1ccc(C#N)c2oc([N+](=O)[O-])c(-c3ccccc3)c12. The maximum atomic E-state index is 11.4.